The van der Waals surface area contributed by atoms with Crippen LogP contribution in [-0.4, -0.2) is 41.3 Å². The maximum Gasteiger partial charge on any atom is 0.232 e. The number of amides is 1. The van der Waals surface area contributed by atoms with Crippen LogP contribution in [-0.2, 0) is 20.7 Å². The average molecular weight is 420 g/mol. The van der Waals surface area contributed by atoms with Gasteiger partial charge in [-0.15, -0.1) is 11.3 Å². The topological polar surface area (TPSA) is 86.5 Å². The molecule has 7 nitrogen and oxygen atoms in total. The van der Waals surface area contributed by atoms with Crippen molar-refractivity contribution in [1.82, 2.24) is 10.1 Å². The second-order valence-corrected chi connectivity index (χ2v) is 8.86. The summed E-state index contributed by atoms with van der Waals surface area (Å²) in [6.07, 6.45) is 1.89. The quantitative estimate of drug-likeness (QED) is 0.579. The molecular weight excluding hydrogens is 398 g/mol. The molecule has 0 spiro atoms. The van der Waals surface area contributed by atoms with Crippen LogP contribution in [0.4, 0.5) is 5.69 Å². The molecule has 1 saturated heterocycles. The zero-order chi connectivity index (χ0) is 19.3. The summed E-state index contributed by atoms with van der Waals surface area (Å²) in [5.74, 6) is 1.31. The standard InChI is InChI=1S/C19H21N3O4S2/c1-12-9-14(26-22-12)11-17(23)20-13-3-4-15-16(10-13)28-19(21-15)27-8-5-18-24-6-2-7-25-18/h3-4,9-10,18H,2,5-8,11H2,1H3,(H,20,23). The van der Waals surface area contributed by atoms with Crippen LogP contribution in [0.3, 0.4) is 0 Å². The summed E-state index contributed by atoms with van der Waals surface area (Å²) in [6.45, 7) is 3.38. The van der Waals surface area contributed by atoms with E-state index in [1.54, 1.807) is 29.2 Å². The molecule has 3 heterocycles. The van der Waals surface area contributed by atoms with E-state index in [2.05, 4.69) is 15.5 Å². The molecule has 0 bridgehead atoms. The first-order valence-electron chi connectivity index (χ1n) is 9.14. The number of carbonyl (C=O) groups is 1. The third kappa shape index (κ3) is 5.11. The summed E-state index contributed by atoms with van der Waals surface area (Å²) >= 11 is 3.33. The summed E-state index contributed by atoms with van der Waals surface area (Å²) in [4.78, 5) is 16.8. The number of hydrogen-bond donors (Lipinski definition) is 1. The van der Waals surface area contributed by atoms with Gasteiger partial charge in [-0.1, -0.05) is 16.9 Å². The summed E-state index contributed by atoms with van der Waals surface area (Å²) in [5.41, 5.74) is 2.44. The van der Waals surface area contributed by atoms with E-state index in [0.29, 0.717) is 5.76 Å². The van der Waals surface area contributed by atoms with E-state index in [-0.39, 0.29) is 18.6 Å². The van der Waals surface area contributed by atoms with Crippen LogP contribution >= 0.6 is 23.1 Å². The van der Waals surface area contributed by atoms with Crippen LogP contribution in [0, 0.1) is 6.92 Å². The van der Waals surface area contributed by atoms with Crippen molar-refractivity contribution >= 4 is 44.9 Å². The molecule has 1 aliphatic heterocycles. The van der Waals surface area contributed by atoms with E-state index in [4.69, 9.17) is 14.0 Å². The summed E-state index contributed by atoms with van der Waals surface area (Å²) in [5, 5.41) is 6.69. The number of ether oxygens (including phenoxy) is 2. The SMILES string of the molecule is Cc1cc(CC(=O)Nc2ccc3nc(SCCC4OCCCO4)sc3c2)on1. The van der Waals surface area contributed by atoms with Crippen LogP contribution < -0.4 is 5.32 Å². The number of nitrogens with one attached hydrogen (secondary N) is 1. The molecule has 1 aliphatic rings. The third-order valence-electron chi connectivity index (χ3n) is 4.14. The molecule has 1 amide bonds. The molecule has 2 aromatic heterocycles. The Bertz CT molecular complexity index is 950. The largest absolute Gasteiger partial charge is 0.361 e. The highest BCUT2D eigenvalue weighted by Crippen LogP contribution is 2.32. The van der Waals surface area contributed by atoms with Crippen molar-refractivity contribution in [3.63, 3.8) is 0 Å². The number of fused-ring (bicyclic) bond motifs is 1. The molecule has 1 N–H and O–H groups in total. The maximum atomic E-state index is 12.2. The average Bonchev–Trinajstić information content (AvgIpc) is 3.27. The van der Waals surface area contributed by atoms with Crippen LogP contribution in [0.1, 0.15) is 24.3 Å². The number of anilines is 1. The summed E-state index contributed by atoms with van der Waals surface area (Å²) < 4.78 is 18.3. The number of nitrogens with zero attached hydrogens (tertiary/aromatic N) is 2. The van der Waals surface area contributed by atoms with Crippen molar-refractivity contribution in [3.05, 3.63) is 35.7 Å². The van der Waals surface area contributed by atoms with Crippen molar-refractivity contribution in [2.24, 2.45) is 0 Å². The zero-order valence-corrected chi connectivity index (χ0v) is 17.1. The minimum absolute atomic E-state index is 0.0920. The predicted octanol–water partition coefficient (Wildman–Crippen LogP) is 4.02. The highest BCUT2D eigenvalue weighted by molar-refractivity contribution is 8.01. The molecule has 0 radical (unpaired) electrons. The Morgan fingerprint density at radius 1 is 1.32 bits per heavy atom. The lowest BCUT2D eigenvalue weighted by Crippen LogP contribution is -2.25. The van der Waals surface area contributed by atoms with Crippen molar-refractivity contribution < 1.29 is 18.8 Å². The molecule has 0 atom stereocenters. The number of rotatable bonds is 7. The van der Waals surface area contributed by atoms with Gasteiger partial charge in [0.25, 0.3) is 0 Å². The van der Waals surface area contributed by atoms with Crippen molar-refractivity contribution in [1.29, 1.82) is 0 Å². The van der Waals surface area contributed by atoms with Gasteiger partial charge in [0.15, 0.2) is 10.6 Å². The number of hydrogen-bond acceptors (Lipinski definition) is 8. The van der Waals surface area contributed by atoms with E-state index in [9.17, 15) is 4.79 Å². The lowest BCUT2D eigenvalue weighted by atomic mass is 10.2. The first kappa shape index (κ1) is 19.4. The minimum atomic E-state index is -0.137. The van der Waals surface area contributed by atoms with E-state index in [0.717, 1.165) is 57.7 Å². The van der Waals surface area contributed by atoms with Gasteiger partial charge >= 0.3 is 0 Å². The Morgan fingerprint density at radius 3 is 2.96 bits per heavy atom. The fourth-order valence-corrected chi connectivity index (χ4v) is 4.99. The van der Waals surface area contributed by atoms with Crippen LogP contribution in [0.25, 0.3) is 10.2 Å². The van der Waals surface area contributed by atoms with Crippen molar-refractivity contribution in [2.75, 3.05) is 24.3 Å². The van der Waals surface area contributed by atoms with Gasteiger partial charge in [-0.2, -0.15) is 0 Å². The summed E-state index contributed by atoms with van der Waals surface area (Å²) in [6, 6.07) is 7.51. The minimum Gasteiger partial charge on any atom is -0.361 e. The van der Waals surface area contributed by atoms with Gasteiger partial charge < -0.3 is 19.3 Å². The second kappa shape index (κ2) is 9.04. The molecule has 148 valence electrons. The molecular formula is C19H21N3O4S2. The summed E-state index contributed by atoms with van der Waals surface area (Å²) in [7, 11) is 0. The fraction of sp³-hybridized carbons (Fsp3) is 0.421. The van der Waals surface area contributed by atoms with Gasteiger partial charge in [-0.05, 0) is 31.5 Å². The van der Waals surface area contributed by atoms with Gasteiger partial charge in [0.05, 0.1) is 35.5 Å². The highest BCUT2D eigenvalue weighted by atomic mass is 32.2. The number of thiazole rings is 1. The van der Waals surface area contributed by atoms with Gasteiger partial charge in [0.1, 0.15) is 5.76 Å². The predicted molar refractivity (Wildman–Crippen MR) is 109 cm³/mol. The van der Waals surface area contributed by atoms with E-state index >= 15 is 0 Å². The second-order valence-electron chi connectivity index (χ2n) is 6.48. The Hall–Kier alpha value is -1.94. The number of benzene rings is 1. The van der Waals surface area contributed by atoms with Crippen molar-refractivity contribution in [2.45, 2.75) is 36.8 Å². The van der Waals surface area contributed by atoms with Gasteiger partial charge in [0.2, 0.25) is 5.91 Å². The first-order chi connectivity index (χ1) is 13.7. The maximum absolute atomic E-state index is 12.2. The van der Waals surface area contributed by atoms with Gasteiger partial charge in [-0.25, -0.2) is 4.98 Å². The number of aromatic nitrogens is 2. The molecule has 3 aromatic rings. The molecule has 0 aliphatic carbocycles. The van der Waals surface area contributed by atoms with E-state index in [1.807, 2.05) is 25.1 Å². The molecule has 1 aromatic carbocycles. The molecule has 1 fully saturated rings. The van der Waals surface area contributed by atoms with E-state index in [1.165, 1.54) is 0 Å². The Labute approximate surface area is 170 Å². The Morgan fingerprint density at radius 2 is 2.18 bits per heavy atom. The number of aryl methyl sites for hydroxylation is 1. The highest BCUT2D eigenvalue weighted by Gasteiger charge is 2.15. The first-order valence-corrected chi connectivity index (χ1v) is 10.9. The normalized spacial score (nSPS) is 15.2. The third-order valence-corrected chi connectivity index (χ3v) is 6.33. The monoisotopic (exact) mass is 419 g/mol. The number of thioether (sulfide) groups is 1. The molecule has 9 heteroatoms. The van der Waals surface area contributed by atoms with Gasteiger partial charge in [0, 0.05) is 23.9 Å². The molecule has 0 saturated carbocycles. The van der Waals surface area contributed by atoms with Crippen LogP contribution in [0.15, 0.2) is 33.1 Å². The fourth-order valence-electron chi connectivity index (χ4n) is 2.85. The lowest BCUT2D eigenvalue weighted by molar-refractivity contribution is -0.178. The molecule has 0 unspecified atom stereocenters. The zero-order valence-electron chi connectivity index (χ0n) is 15.5. The van der Waals surface area contributed by atoms with Crippen molar-refractivity contribution in [3.8, 4) is 0 Å². The smallest absolute Gasteiger partial charge is 0.232 e. The Balaban J connectivity index is 1.32. The Kier molecular flexibility index (Phi) is 6.26. The number of carbonyl (C=O) groups excluding carboxylic acids is 1. The molecule has 28 heavy (non-hydrogen) atoms. The van der Waals surface area contributed by atoms with Crippen LogP contribution in [0.5, 0.6) is 0 Å². The van der Waals surface area contributed by atoms with E-state index < -0.39 is 0 Å². The van der Waals surface area contributed by atoms with Crippen LogP contribution in [0.2, 0.25) is 0 Å². The lowest BCUT2D eigenvalue weighted by Gasteiger charge is -2.22. The van der Waals surface area contributed by atoms with Gasteiger partial charge in [-0.3, -0.25) is 4.79 Å². The molecule has 4 rings (SSSR count).